The molecule has 0 saturated carbocycles. The van der Waals surface area contributed by atoms with E-state index in [1.165, 1.54) is 0 Å². The maximum atomic E-state index is 10.7. The van der Waals surface area contributed by atoms with E-state index in [2.05, 4.69) is 10.6 Å². The normalized spacial score (nSPS) is 10.1. The van der Waals surface area contributed by atoms with Gasteiger partial charge in [0.1, 0.15) is 5.75 Å². The molecule has 2 aromatic rings. The topological polar surface area (TPSA) is 87.4 Å². The first-order valence-electron chi connectivity index (χ1n) is 6.24. The Balaban J connectivity index is 2.00. The predicted molar refractivity (Wildman–Crippen MR) is 79.8 cm³/mol. The summed E-state index contributed by atoms with van der Waals surface area (Å²) in [5.41, 5.74) is 8.25. The second-order valence-corrected chi connectivity index (χ2v) is 4.50. The highest BCUT2D eigenvalue weighted by molar-refractivity contribution is 5.87. The van der Waals surface area contributed by atoms with Crippen molar-refractivity contribution in [1.82, 2.24) is 0 Å². The van der Waals surface area contributed by atoms with Crippen molar-refractivity contribution in [2.24, 2.45) is 5.73 Å². The van der Waals surface area contributed by atoms with Gasteiger partial charge in [-0.25, -0.2) is 4.79 Å². The van der Waals surface area contributed by atoms with E-state index >= 15 is 0 Å². The largest absolute Gasteiger partial charge is 0.507 e. The summed E-state index contributed by atoms with van der Waals surface area (Å²) in [6.45, 7) is 2.39. The fourth-order valence-electron chi connectivity index (χ4n) is 1.87. The lowest BCUT2D eigenvalue weighted by atomic mass is 10.1. The van der Waals surface area contributed by atoms with E-state index in [1.54, 1.807) is 12.1 Å². The number of nitrogens with one attached hydrogen (secondary N) is 2. The van der Waals surface area contributed by atoms with Gasteiger partial charge < -0.3 is 21.5 Å². The highest BCUT2D eigenvalue weighted by atomic mass is 16.3. The first-order valence-corrected chi connectivity index (χ1v) is 6.24. The molecule has 0 radical (unpaired) electrons. The quantitative estimate of drug-likeness (QED) is 0.689. The summed E-state index contributed by atoms with van der Waals surface area (Å²) in [5, 5.41) is 15.6. The number of carbonyl (C=O) groups is 1. The van der Waals surface area contributed by atoms with Crippen LogP contribution < -0.4 is 16.4 Å². The number of urea groups is 1. The number of benzene rings is 2. The lowest BCUT2D eigenvalue weighted by Crippen LogP contribution is -2.19. The molecular weight excluding hydrogens is 254 g/mol. The number of hydrogen-bond donors (Lipinski definition) is 4. The molecule has 2 amide bonds. The number of primary amides is 1. The van der Waals surface area contributed by atoms with Crippen molar-refractivity contribution in [3.05, 3.63) is 53.6 Å². The number of carbonyl (C=O) groups excluding carboxylic acids is 1. The number of hydrogen-bond acceptors (Lipinski definition) is 3. The lowest BCUT2D eigenvalue weighted by molar-refractivity contribution is 0.259. The SMILES string of the molecule is Cc1cccc(CNc2ccc(NC(N)=O)cc2)c1O. The Morgan fingerprint density at radius 1 is 1.15 bits per heavy atom. The van der Waals surface area contributed by atoms with E-state index < -0.39 is 6.03 Å². The molecule has 0 aliphatic carbocycles. The molecule has 20 heavy (non-hydrogen) atoms. The zero-order valence-electron chi connectivity index (χ0n) is 11.2. The van der Waals surface area contributed by atoms with Gasteiger partial charge in [0, 0.05) is 23.5 Å². The summed E-state index contributed by atoms with van der Waals surface area (Å²) in [4.78, 5) is 10.7. The average Bonchev–Trinajstić information content (AvgIpc) is 2.41. The molecule has 0 aromatic heterocycles. The van der Waals surface area contributed by atoms with Crippen LogP contribution in [0.3, 0.4) is 0 Å². The number of phenolic OH excluding ortho intramolecular Hbond substituents is 1. The molecule has 0 aliphatic heterocycles. The van der Waals surface area contributed by atoms with E-state index in [4.69, 9.17) is 5.73 Å². The first kappa shape index (κ1) is 13.7. The van der Waals surface area contributed by atoms with Crippen LogP contribution in [0.25, 0.3) is 0 Å². The maximum absolute atomic E-state index is 10.7. The Bertz CT molecular complexity index is 609. The van der Waals surface area contributed by atoms with Crippen LogP contribution in [0.1, 0.15) is 11.1 Å². The fourth-order valence-corrected chi connectivity index (χ4v) is 1.87. The predicted octanol–water partition coefficient (Wildman–Crippen LogP) is 2.80. The third-order valence-corrected chi connectivity index (χ3v) is 2.96. The van der Waals surface area contributed by atoms with E-state index in [0.29, 0.717) is 18.0 Å². The van der Waals surface area contributed by atoms with Crippen molar-refractivity contribution in [3.8, 4) is 5.75 Å². The maximum Gasteiger partial charge on any atom is 0.316 e. The standard InChI is InChI=1S/C15H17N3O2/c1-10-3-2-4-11(14(10)19)9-17-12-5-7-13(8-6-12)18-15(16)20/h2-8,17,19H,9H2,1H3,(H3,16,18,20). The molecule has 0 atom stereocenters. The monoisotopic (exact) mass is 271 g/mol. The van der Waals surface area contributed by atoms with E-state index in [9.17, 15) is 9.90 Å². The van der Waals surface area contributed by atoms with Gasteiger partial charge in [-0.05, 0) is 36.8 Å². The Labute approximate surface area is 117 Å². The molecule has 5 N–H and O–H groups in total. The molecule has 104 valence electrons. The van der Waals surface area contributed by atoms with Gasteiger partial charge in [0.15, 0.2) is 0 Å². The highest BCUT2D eigenvalue weighted by Crippen LogP contribution is 2.22. The van der Waals surface area contributed by atoms with Crippen molar-refractivity contribution < 1.29 is 9.90 Å². The second-order valence-electron chi connectivity index (χ2n) is 4.50. The van der Waals surface area contributed by atoms with E-state index in [0.717, 1.165) is 16.8 Å². The zero-order valence-corrected chi connectivity index (χ0v) is 11.2. The average molecular weight is 271 g/mol. The van der Waals surface area contributed by atoms with Crippen molar-refractivity contribution >= 4 is 17.4 Å². The number of nitrogens with two attached hydrogens (primary N) is 1. The lowest BCUT2D eigenvalue weighted by Gasteiger charge is -2.10. The first-order chi connectivity index (χ1) is 9.56. The van der Waals surface area contributed by atoms with E-state index in [1.807, 2.05) is 37.3 Å². The van der Waals surface area contributed by atoms with Gasteiger partial charge >= 0.3 is 6.03 Å². The van der Waals surface area contributed by atoms with E-state index in [-0.39, 0.29) is 0 Å². The Morgan fingerprint density at radius 2 is 1.80 bits per heavy atom. The second kappa shape index (κ2) is 5.97. The molecule has 5 nitrogen and oxygen atoms in total. The number of rotatable bonds is 4. The van der Waals surface area contributed by atoms with Crippen molar-refractivity contribution in [1.29, 1.82) is 0 Å². The molecule has 0 heterocycles. The molecule has 5 heteroatoms. The Morgan fingerprint density at radius 3 is 2.45 bits per heavy atom. The number of anilines is 2. The smallest absolute Gasteiger partial charge is 0.316 e. The van der Waals surface area contributed by atoms with Gasteiger partial charge in [0.2, 0.25) is 0 Å². The van der Waals surface area contributed by atoms with Crippen LogP contribution >= 0.6 is 0 Å². The van der Waals surface area contributed by atoms with Crippen LogP contribution in [0.15, 0.2) is 42.5 Å². The molecule has 0 aliphatic rings. The van der Waals surface area contributed by atoms with Crippen LogP contribution in [-0.4, -0.2) is 11.1 Å². The Hall–Kier alpha value is -2.69. The van der Waals surface area contributed by atoms with Crippen LogP contribution in [0, 0.1) is 6.92 Å². The summed E-state index contributed by atoms with van der Waals surface area (Å²) in [7, 11) is 0. The minimum Gasteiger partial charge on any atom is -0.507 e. The summed E-state index contributed by atoms with van der Waals surface area (Å²) in [6.07, 6.45) is 0. The van der Waals surface area contributed by atoms with Gasteiger partial charge in [-0.15, -0.1) is 0 Å². The number of amides is 2. The molecular formula is C15H17N3O2. The van der Waals surface area contributed by atoms with Crippen LogP contribution in [0.4, 0.5) is 16.2 Å². The van der Waals surface area contributed by atoms with Crippen LogP contribution in [0.2, 0.25) is 0 Å². The molecule has 0 saturated heterocycles. The number of phenols is 1. The zero-order chi connectivity index (χ0) is 14.5. The van der Waals surface area contributed by atoms with Crippen LogP contribution in [0.5, 0.6) is 5.75 Å². The van der Waals surface area contributed by atoms with Gasteiger partial charge in [0.05, 0.1) is 0 Å². The molecule has 2 aromatic carbocycles. The highest BCUT2D eigenvalue weighted by Gasteiger charge is 2.03. The minimum absolute atomic E-state index is 0.312. The molecule has 0 bridgehead atoms. The molecule has 0 unspecified atom stereocenters. The number of aryl methyl sites for hydroxylation is 1. The third kappa shape index (κ3) is 3.41. The van der Waals surface area contributed by atoms with Crippen molar-refractivity contribution in [2.75, 3.05) is 10.6 Å². The van der Waals surface area contributed by atoms with Gasteiger partial charge in [-0.3, -0.25) is 0 Å². The van der Waals surface area contributed by atoms with Gasteiger partial charge in [0.25, 0.3) is 0 Å². The van der Waals surface area contributed by atoms with Gasteiger partial charge in [-0.1, -0.05) is 18.2 Å². The number of para-hydroxylation sites is 1. The molecule has 2 rings (SSSR count). The van der Waals surface area contributed by atoms with Crippen LogP contribution in [-0.2, 0) is 6.54 Å². The summed E-state index contributed by atoms with van der Waals surface area (Å²) < 4.78 is 0. The van der Waals surface area contributed by atoms with Crippen molar-refractivity contribution in [3.63, 3.8) is 0 Å². The Kier molecular flexibility index (Phi) is 4.10. The summed E-state index contributed by atoms with van der Waals surface area (Å²) >= 11 is 0. The van der Waals surface area contributed by atoms with Crippen molar-refractivity contribution in [2.45, 2.75) is 13.5 Å². The molecule has 0 spiro atoms. The molecule has 0 fully saturated rings. The minimum atomic E-state index is -0.588. The fraction of sp³-hybridized carbons (Fsp3) is 0.133. The third-order valence-electron chi connectivity index (χ3n) is 2.96. The summed E-state index contributed by atoms with van der Waals surface area (Å²) in [5.74, 6) is 0.312. The van der Waals surface area contributed by atoms with Gasteiger partial charge in [-0.2, -0.15) is 0 Å². The summed E-state index contributed by atoms with van der Waals surface area (Å²) in [6, 6.07) is 12.2. The number of aromatic hydroxyl groups is 1.